The van der Waals surface area contributed by atoms with E-state index in [1.807, 2.05) is 6.07 Å². The van der Waals surface area contributed by atoms with Crippen LogP contribution in [0.15, 0.2) is 12.3 Å². The summed E-state index contributed by atoms with van der Waals surface area (Å²) in [6.07, 6.45) is -3.40. The fourth-order valence-corrected chi connectivity index (χ4v) is 1.66. The lowest BCUT2D eigenvalue weighted by Crippen LogP contribution is -2.18. The van der Waals surface area contributed by atoms with Gasteiger partial charge in [-0.3, -0.25) is 14.2 Å². The summed E-state index contributed by atoms with van der Waals surface area (Å²) < 4.78 is 39.7. The zero-order valence-electron chi connectivity index (χ0n) is 10.9. The Morgan fingerprint density at radius 1 is 1.38 bits per heavy atom. The molecule has 7 nitrogen and oxygen atoms in total. The van der Waals surface area contributed by atoms with Crippen molar-refractivity contribution in [2.24, 2.45) is 14.1 Å². The number of anilines is 1. The Bertz CT molecular complexity index is 736. The molecule has 0 aliphatic carbocycles. The summed E-state index contributed by atoms with van der Waals surface area (Å²) >= 11 is 0. The molecule has 10 heteroatoms. The molecule has 0 aromatic carbocycles. The van der Waals surface area contributed by atoms with Crippen LogP contribution in [0.25, 0.3) is 0 Å². The molecule has 1 N–H and O–H groups in total. The van der Waals surface area contributed by atoms with E-state index in [-0.39, 0.29) is 17.1 Å². The zero-order chi connectivity index (χ0) is 15.8. The van der Waals surface area contributed by atoms with Crippen LogP contribution in [0.5, 0.6) is 0 Å². The minimum absolute atomic E-state index is 0.0947. The molecule has 0 atom stereocenters. The van der Waals surface area contributed by atoms with Crippen molar-refractivity contribution < 1.29 is 18.0 Å². The van der Waals surface area contributed by atoms with Crippen molar-refractivity contribution in [3.63, 3.8) is 0 Å². The molecule has 0 saturated carbocycles. The molecule has 0 aliphatic heterocycles. The van der Waals surface area contributed by atoms with E-state index in [4.69, 9.17) is 5.26 Å². The third-order valence-electron chi connectivity index (χ3n) is 2.69. The molecule has 110 valence electrons. The number of carbonyl (C=O) groups excluding carboxylic acids is 1. The van der Waals surface area contributed by atoms with E-state index >= 15 is 0 Å². The second-order valence-corrected chi connectivity index (χ2v) is 4.13. The number of nitrogens with one attached hydrogen (secondary N) is 1. The van der Waals surface area contributed by atoms with Gasteiger partial charge in [-0.05, 0) is 0 Å². The quantitative estimate of drug-likeness (QED) is 0.905. The Morgan fingerprint density at radius 3 is 2.57 bits per heavy atom. The van der Waals surface area contributed by atoms with Crippen LogP contribution in [-0.4, -0.2) is 25.5 Å². The van der Waals surface area contributed by atoms with Crippen LogP contribution < -0.4 is 5.32 Å². The van der Waals surface area contributed by atoms with Gasteiger partial charge >= 0.3 is 6.18 Å². The van der Waals surface area contributed by atoms with Crippen LogP contribution in [0.2, 0.25) is 0 Å². The third-order valence-corrected chi connectivity index (χ3v) is 2.69. The number of rotatable bonds is 2. The minimum atomic E-state index is -4.64. The maximum absolute atomic E-state index is 12.5. The molecule has 0 spiro atoms. The lowest BCUT2D eigenvalue weighted by Gasteiger charge is -2.05. The molecule has 2 heterocycles. The van der Waals surface area contributed by atoms with Crippen molar-refractivity contribution in [2.45, 2.75) is 6.18 Å². The van der Waals surface area contributed by atoms with E-state index in [0.717, 1.165) is 4.68 Å². The molecular weight excluding hydrogens is 289 g/mol. The van der Waals surface area contributed by atoms with Crippen LogP contribution in [0, 0.1) is 11.3 Å². The first kappa shape index (κ1) is 14.6. The molecule has 1 amide bonds. The maximum Gasteiger partial charge on any atom is 0.435 e. The predicted molar refractivity (Wildman–Crippen MR) is 64.1 cm³/mol. The fourth-order valence-electron chi connectivity index (χ4n) is 1.66. The van der Waals surface area contributed by atoms with Crippen molar-refractivity contribution in [3.05, 3.63) is 29.2 Å². The van der Waals surface area contributed by atoms with Gasteiger partial charge in [0, 0.05) is 20.2 Å². The molecule has 2 rings (SSSR count). The van der Waals surface area contributed by atoms with Gasteiger partial charge in [0.15, 0.2) is 5.69 Å². The number of amides is 1. The number of carbonyl (C=O) groups is 1. The molecule has 2 aromatic heterocycles. The monoisotopic (exact) mass is 298 g/mol. The highest BCUT2D eigenvalue weighted by Crippen LogP contribution is 2.28. The highest BCUT2D eigenvalue weighted by molar-refractivity contribution is 6.03. The van der Waals surface area contributed by atoms with Crippen molar-refractivity contribution in [3.8, 4) is 6.07 Å². The summed E-state index contributed by atoms with van der Waals surface area (Å²) in [7, 11) is 2.71. The number of nitriles is 1. The van der Waals surface area contributed by atoms with Gasteiger partial charge in [-0.2, -0.15) is 28.6 Å². The summed E-state index contributed by atoms with van der Waals surface area (Å²) in [4.78, 5) is 12.0. The summed E-state index contributed by atoms with van der Waals surface area (Å²) in [6.45, 7) is 0. The van der Waals surface area contributed by atoms with Crippen molar-refractivity contribution in [1.82, 2.24) is 19.6 Å². The lowest BCUT2D eigenvalue weighted by molar-refractivity contribution is -0.141. The van der Waals surface area contributed by atoms with Crippen molar-refractivity contribution in [1.29, 1.82) is 5.26 Å². The first-order chi connectivity index (χ1) is 9.74. The second-order valence-electron chi connectivity index (χ2n) is 4.13. The molecule has 0 aliphatic rings. The molecule has 0 unspecified atom stereocenters. The molecule has 21 heavy (non-hydrogen) atoms. The predicted octanol–water partition coefficient (Wildman–Crippen LogP) is 1.30. The van der Waals surface area contributed by atoms with E-state index in [0.29, 0.717) is 6.07 Å². The number of nitrogens with zero attached hydrogens (tertiary/aromatic N) is 5. The first-order valence-electron chi connectivity index (χ1n) is 5.58. The Labute approximate surface area is 116 Å². The maximum atomic E-state index is 12.5. The zero-order valence-corrected chi connectivity index (χ0v) is 10.9. The number of alkyl halides is 3. The molecule has 0 radical (unpaired) electrons. The van der Waals surface area contributed by atoms with Gasteiger partial charge in [0.05, 0.1) is 6.20 Å². The minimum Gasteiger partial charge on any atom is -0.304 e. The van der Waals surface area contributed by atoms with E-state index in [1.165, 1.54) is 25.0 Å². The SMILES string of the molecule is Cn1nc(C(F)(F)F)cc1C(=O)Nc1c(C#N)cnn1C. The molecular formula is C11H9F3N6O. The number of hydrogen-bond donors (Lipinski definition) is 1. The van der Waals surface area contributed by atoms with E-state index < -0.39 is 17.8 Å². The number of aryl methyl sites for hydroxylation is 2. The Morgan fingerprint density at radius 2 is 2.05 bits per heavy atom. The normalized spacial score (nSPS) is 11.2. The topological polar surface area (TPSA) is 88.5 Å². The van der Waals surface area contributed by atoms with Gasteiger partial charge in [0.1, 0.15) is 23.1 Å². The molecule has 2 aromatic rings. The van der Waals surface area contributed by atoms with E-state index in [9.17, 15) is 18.0 Å². The summed E-state index contributed by atoms with van der Waals surface area (Å²) in [6, 6.07) is 2.45. The highest BCUT2D eigenvalue weighted by Gasteiger charge is 2.35. The van der Waals surface area contributed by atoms with Gasteiger partial charge in [-0.25, -0.2) is 0 Å². The Kier molecular flexibility index (Phi) is 3.42. The van der Waals surface area contributed by atoms with Crippen molar-refractivity contribution >= 4 is 11.7 Å². The van der Waals surface area contributed by atoms with Crippen LogP contribution in [0.1, 0.15) is 21.7 Å². The van der Waals surface area contributed by atoms with Gasteiger partial charge in [-0.15, -0.1) is 0 Å². The third kappa shape index (κ3) is 2.71. The Hall–Kier alpha value is -2.83. The highest BCUT2D eigenvalue weighted by atomic mass is 19.4. The van der Waals surface area contributed by atoms with E-state index in [2.05, 4.69) is 15.5 Å². The van der Waals surface area contributed by atoms with Crippen LogP contribution in [-0.2, 0) is 20.3 Å². The largest absolute Gasteiger partial charge is 0.435 e. The van der Waals surface area contributed by atoms with Crippen LogP contribution >= 0.6 is 0 Å². The van der Waals surface area contributed by atoms with Crippen LogP contribution in [0.4, 0.5) is 19.0 Å². The number of halogens is 3. The average Bonchev–Trinajstić information content (AvgIpc) is 2.93. The summed E-state index contributed by atoms with van der Waals surface area (Å²) in [5, 5.41) is 18.2. The Balaban J connectivity index is 2.32. The summed E-state index contributed by atoms with van der Waals surface area (Å²) in [5.74, 6) is -0.724. The van der Waals surface area contributed by atoms with Gasteiger partial charge < -0.3 is 5.32 Å². The molecule has 0 fully saturated rings. The fraction of sp³-hybridized carbons (Fsp3) is 0.273. The molecule has 0 saturated heterocycles. The second kappa shape index (κ2) is 4.93. The summed E-state index contributed by atoms with van der Waals surface area (Å²) in [5.41, 5.74) is -1.35. The number of aromatic nitrogens is 4. The van der Waals surface area contributed by atoms with Gasteiger partial charge in [0.2, 0.25) is 0 Å². The number of hydrogen-bond acceptors (Lipinski definition) is 4. The van der Waals surface area contributed by atoms with Gasteiger partial charge in [0.25, 0.3) is 5.91 Å². The first-order valence-corrected chi connectivity index (χ1v) is 5.58. The molecule has 0 bridgehead atoms. The average molecular weight is 298 g/mol. The van der Waals surface area contributed by atoms with E-state index in [1.54, 1.807) is 0 Å². The smallest absolute Gasteiger partial charge is 0.304 e. The van der Waals surface area contributed by atoms with Crippen LogP contribution in [0.3, 0.4) is 0 Å². The van der Waals surface area contributed by atoms with Crippen molar-refractivity contribution in [2.75, 3.05) is 5.32 Å². The lowest BCUT2D eigenvalue weighted by atomic mass is 10.3. The van der Waals surface area contributed by atoms with Gasteiger partial charge in [-0.1, -0.05) is 0 Å². The standard InChI is InChI=1S/C11H9F3N6O/c1-19-7(3-8(18-19)11(12,13)14)10(21)17-9-6(4-15)5-16-20(9)2/h3,5H,1-2H3,(H,17,21).